The zero-order chi connectivity index (χ0) is 24.2. The summed E-state index contributed by atoms with van der Waals surface area (Å²) < 4.78 is 15.8. The molecule has 1 saturated carbocycles. The summed E-state index contributed by atoms with van der Waals surface area (Å²) in [5, 5.41) is 0.721. The van der Waals surface area contributed by atoms with Gasteiger partial charge in [0, 0.05) is 28.8 Å². The van der Waals surface area contributed by atoms with Gasteiger partial charge in [-0.1, -0.05) is 36.9 Å². The third kappa shape index (κ3) is 4.76. The highest BCUT2D eigenvalue weighted by atomic mass is 35.5. The van der Waals surface area contributed by atoms with Gasteiger partial charge >= 0.3 is 23.5 Å². The molecule has 1 aliphatic carbocycles. The summed E-state index contributed by atoms with van der Waals surface area (Å²) in [6.45, 7) is 4.03. The Morgan fingerprint density at radius 1 is 1.03 bits per heavy atom. The molecule has 1 fully saturated rings. The molecule has 0 radical (unpaired) electrons. The Hall–Kier alpha value is -2.87. The standard InChI is InChI=1S/C24H28ClNO7/c1-4-31-22(29)24(33-14(3)27,23(30)32-5-2)19-17-12-11-16(25)13-18(17)26-20(19)21(28)15-9-7-6-8-10-15/h11-13,15,26H,4-10H2,1-3H3. The topological polar surface area (TPSA) is 112 Å². The minimum Gasteiger partial charge on any atom is -0.462 e. The summed E-state index contributed by atoms with van der Waals surface area (Å²) in [4.78, 5) is 55.5. The molecule has 1 heterocycles. The Bertz CT molecular complexity index is 1050. The molecule has 0 atom stereocenters. The lowest BCUT2D eigenvalue weighted by atomic mass is 9.82. The van der Waals surface area contributed by atoms with E-state index in [1.165, 1.54) is 0 Å². The number of hydrogen-bond acceptors (Lipinski definition) is 7. The lowest BCUT2D eigenvalue weighted by Gasteiger charge is -2.30. The first-order chi connectivity index (χ1) is 15.8. The van der Waals surface area contributed by atoms with E-state index >= 15 is 0 Å². The largest absolute Gasteiger partial charge is 0.462 e. The van der Waals surface area contributed by atoms with Crippen LogP contribution in [0.1, 0.15) is 68.9 Å². The maximum atomic E-state index is 13.7. The summed E-state index contributed by atoms with van der Waals surface area (Å²) in [5.41, 5.74) is -2.26. The molecule has 3 rings (SSSR count). The van der Waals surface area contributed by atoms with Gasteiger partial charge in [-0.3, -0.25) is 9.59 Å². The molecule has 0 bridgehead atoms. The molecule has 1 aromatic heterocycles. The molecule has 0 saturated heterocycles. The minimum absolute atomic E-state index is 0.0153. The van der Waals surface area contributed by atoms with E-state index < -0.39 is 23.5 Å². The zero-order valence-electron chi connectivity index (χ0n) is 19.0. The van der Waals surface area contributed by atoms with Crippen molar-refractivity contribution in [3.63, 3.8) is 0 Å². The van der Waals surface area contributed by atoms with Gasteiger partial charge in [0.25, 0.3) is 0 Å². The molecular weight excluding hydrogens is 450 g/mol. The van der Waals surface area contributed by atoms with Gasteiger partial charge in [-0.25, -0.2) is 9.59 Å². The summed E-state index contributed by atoms with van der Waals surface area (Å²) in [5.74, 6) is -3.72. The summed E-state index contributed by atoms with van der Waals surface area (Å²) in [6.07, 6.45) is 4.23. The number of fused-ring (bicyclic) bond motifs is 1. The van der Waals surface area contributed by atoms with E-state index in [4.69, 9.17) is 25.8 Å². The van der Waals surface area contributed by atoms with Crippen LogP contribution in [-0.2, 0) is 34.2 Å². The summed E-state index contributed by atoms with van der Waals surface area (Å²) in [6, 6.07) is 4.70. The Morgan fingerprint density at radius 2 is 1.64 bits per heavy atom. The van der Waals surface area contributed by atoms with Crippen LogP contribution in [0.2, 0.25) is 5.02 Å². The number of aromatic nitrogens is 1. The van der Waals surface area contributed by atoms with E-state index in [0.29, 0.717) is 28.8 Å². The number of esters is 3. The van der Waals surface area contributed by atoms with Crippen LogP contribution in [-0.4, -0.2) is 41.9 Å². The monoisotopic (exact) mass is 477 g/mol. The maximum absolute atomic E-state index is 13.7. The average Bonchev–Trinajstić information content (AvgIpc) is 3.16. The first kappa shape index (κ1) is 24.8. The van der Waals surface area contributed by atoms with Crippen LogP contribution in [0.3, 0.4) is 0 Å². The van der Waals surface area contributed by atoms with Crippen LogP contribution in [0.5, 0.6) is 0 Å². The van der Waals surface area contributed by atoms with Crippen molar-refractivity contribution in [1.29, 1.82) is 0 Å². The van der Waals surface area contributed by atoms with Crippen LogP contribution >= 0.6 is 11.6 Å². The second-order valence-corrected chi connectivity index (χ2v) is 8.42. The number of H-pyrrole nitrogens is 1. The van der Waals surface area contributed by atoms with E-state index in [-0.39, 0.29) is 36.2 Å². The van der Waals surface area contributed by atoms with E-state index in [1.807, 2.05) is 0 Å². The van der Waals surface area contributed by atoms with Crippen molar-refractivity contribution in [3.05, 3.63) is 34.5 Å². The van der Waals surface area contributed by atoms with Crippen LogP contribution in [0.15, 0.2) is 18.2 Å². The molecule has 1 N–H and O–H groups in total. The Kier molecular flexibility index (Phi) is 7.79. The van der Waals surface area contributed by atoms with Crippen molar-refractivity contribution in [2.75, 3.05) is 13.2 Å². The van der Waals surface area contributed by atoms with Gasteiger partial charge in [0.2, 0.25) is 0 Å². The molecule has 8 nitrogen and oxygen atoms in total. The van der Waals surface area contributed by atoms with Gasteiger partial charge < -0.3 is 19.2 Å². The zero-order valence-corrected chi connectivity index (χ0v) is 19.8. The normalized spacial score (nSPS) is 14.7. The molecule has 2 aromatic rings. The van der Waals surface area contributed by atoms with Gasteiger partial charge in [-0.15, -0.1) is 0 Å². The predicted octanol–water partition coefficient (Wildman–Crippen LogP) is 4.47. The molecule has 0 unspecified atom stereocenters. The van der Waals surface area contributed by atoms with Crippen molar-refractivity contribution in [3.8, 4) is 0 Å². The highest BCUT2D eigenvalue weighted by Crippen LogP contribution is 2.40. The number of rotatable bonds is 8. The van der Waals surface area contributed by atoms with Crippen molar-refractivity contribution in [2.45, 2.75) is 58.5 Å². The molecule has 1 aliphatic rings. The number of benzene rings is 1. The summed E-state index contributed by atoms with van der Waals surface area (Å²) >= 11 is 6.16. The second-order valence-electron chi connectivity index (χ2n) is 7.98. The molecular formula is C24H28ClNO7. The number of halogens is 1. The summed E-state index contributed by atoms with van der Waals surface area (Å²) in [7, 11) is 0. The minimum atomic E-state index is -2.61. The highest BCUT2D eigenvalue weighted by Gasteiger charge is 2.58. The fourth-order valence-electron chi connectivity index (χ4n) is 4.39. The molecule has 0 spiro atoms. The van der Waals surface area contributed by atoms with Crippen molar-refractivity contribution in [2.24, 2.45) is 5.92 Å². The number of hydrogen-bond donors (Lipinski definition) is 1. The Labute approximate surface area is 196 Å². The molecule has 178 valence electrons. The number of ether oxygens (including phenoxy) is 3. The highest BCUT2D eigenvalue weighted by molar-refractivity contribution is 6.31. The van der Waals surface area contributed by atoms with Crippen LogP contribution < -0.4 is 0 Å². The second kappa shape index (κ2) is 10.4. The first-order valence-electron chi connectivity index (χ1n) is 11.2. The predicted molar refractivity (Wildman–Crippen MR) is 121 cm³/mol. The lowest BCUT2D eigenvalue weighted by molar-refractivity contribution is -0.197. The fraction of sp³-hybridized carbons (Fsp3) is 0.500. The van der Waals surface area contributed by atoms with Crippen LogP contribution in [0.25, 0.3) is 10.9 Å². The van der Waals surface area contributed by atoms with Crippen molar-refractivity contribution < 1.29 is 33.4 Å². The number of Topliss-reactive ketones (excluding diaryl/α,β-unsaturated/α-hetero) is 1. The van der Waals surface area contributed by atoms with Crippen LogP contribution in [0.4, 0.5) is 0 Å². The van der Waals surface area contributed by atoms with Gasteiger partial charge in [0.15, 0.2) is 5.78 Å². The lowest BCUT2D eigenvalue weighted by Crippen LogP contribution is -2.50. The Balaban J connectivity index is 2.36. The van der Waals surface area contributed by atoms with Gasteiger partial charge in [-0.2, -0.15) is 0 Å². The number of ketones is 1. The number of nitrogens with one attached hydrogen (secondary N) is 1. The van der Waals surface area contributed by atoms with Crippen molar-refractivity contribution in [1.82, 2.24) is 4.98 Å². The molecule has 33 heavy (non-hydrogen) atoms. The number of carbonyl (C=O) groups is 4. The van der Waals surface area contributed by atoms with E-state index in [1.54, 1.807) is 32.0 Å². The van der Waals surface area contributed by atoms with Gasteiger partial charge in [0.1, 0.15) is 0 Å². The van der Waals surface area contributed by atoms with Crippen molar-refractivity contribution >= 4 is 46.2 Å². The van der Waals surface area contributed by atoms with Gasteiger partial charge in [0.05, 0.1) is 24.5 Å². The number of carbonyl (C=O) groups excluding carboxylic acids is 4. The average molecular weight is 478 g/mol. The van der Waals surface area contributed by atoms with Crippen LogP contribution in [0, 0.1) is 5.92 Å². The third-order valence-corrected chi connectivity index (χ3v) is 5.99. The Morgan fingerprint density at radius 3 is 2.18 bits per heavy atom. The molecule has 0 aliphatic heterocycles. The molecule has 1 aromatic carbocycles. The molecule has 0 amide bonds. The van der Waals surface area contributed by atoms with E-state index in [2.05, 4.69) is 4.98 Å². The third-order valence-electron chi connectivity index (χ3n) is 5.76. The first-order valence-corrected chi connectivity index (χ1v) is 11.5. The fourth-order valence-corrected chi connectivity index (χ4v) is 4.56. The smallest absolute Gasteiger partial charge is 0.367 e. The van der Waals surface area contributed by atoms with E-state index in [0.717, 1.165) is 26.2 Å². The van der Waals surface area contributed by atoms with Gasteiger partial charge in [-0.05, 0) is 38.8 Å². The van der Waals surface area contributed by atoms with E-state index in [9.17, 15) is 19.2 Å². The number of aromatic amines is 1. The quantitative estimate of drug-likeness (QED) is 0.258. The SMILES string of the molecule is CCOC(=O)C(OC(C)=O)(C(=O)OCC)c1c(C(=O)C2CCCCC2)[nH]c2cc(Cl)ccc12. The maximum Gasteiger partial charge on any atom is 0.367 e. The molecule has 9 heteroatoms.